The van der Waals surface area contributed by atoms with Gasteiger partial charge in [-0.25, -0.2) is 0 Å². The van der Waals surface area contributed by atoms with E-state index >= 15 is 0 Å². The Labute approximate surface area is 133 Å². The van der Waals surface area contributed by atoms with Crippen LogP contribution in [0.2, 0.25) is 0 Å². The van der Waals surface area contributed by atoms with Gasteiger partial charge in [0.1, 0.15) is 5.58 Å². The number of amides is 1. The van der Waals surface area contributed by atoms with Gasteiger partial charge >= 0.3 is 6.01 Å². The molecule has 23 heavy (non-hydrogen) atoms. The zero-order valence-electron chi connectivity index (χ0n) is 13.6. The van der Waals surface area contributed by atoms with Gasteiger partial charge in [0.2, 0.25) is 5.91 Å². The number of aromatic nitrogens is 2. The summed E-state index contributed by atoms with van der Waals surface area (Å²) in [4.78, 5) is 16.1. The smallest absolute Gasteiger partial charge is 0.328 e. The van der Waals surface area contributed by atoms with Crippen LogP contribution in [0, 0.1) is 13.8 Å². The van der Waals surface area contributed by atoms with Crippen LogP contribution in [0.3, 0.4) is 0 Å². The van der Waals surface area contributed by atoms with Crippen molar-refractivity contribution < 1.29 is 13.7 Å². The second-order valence-electron chi connectivity index (χ2n) is 5.99. The van der Waals surface area contributed by atoms with Crippen LogP contribution >= 0.6 is 0 Å². The summed E-state index contributed by atoms with van der Waals surface area (Å²) in [5.74, 6) is 0.673. The van der Waals surface area contributed by atoms with Gasteiger partial charge in [-0.05, 0) is 43.0 Å². The molecule has 0 aliphatic rings. The summed E-state index contributed by atoms with van der Waals surface area (Å²) in [7, 11) is 0. The third-order valence-electron chi connectivity index (χ3n) is 3.79. The monoisotopic (exact) mass is 313 g/mol. The van der Waals surface area contributed by atoms with Gasteiger partial charge in [0.05, 0.1) is 12.7 Å². The molecular formula is C17H19N3O3. The Kier molecular flexibility index (Phi) is 3.90. The lowest BCUT2D eigenvalue weighted by atomic mass is 9.95. The first-order valence-corrected chi connectivity index (χ1v) is 7.55. The van der Waals surface area contributed by atoms with E-state index in [2.05, 4.69) is 42.3 Å². The van der Waals surface area contributed by atoms with Crippen LogP contribution in [0.1, 0.15) is 42.3 Å². The number of benzene rings is 1. The number of anilines is 1. The van der Waals surface area contributed by atoms with Crippen LogP contribution in [-0.4, -0.2) is 16.0 Å². The fraction of sp³-hybridized carbons (Fsp3) is 0.353. The van der Waals surface area contributed by atoms with Crippen LogP contribution in [0.15, 0.2) is 27.3 Å². The highest BCUT2D eigenvalue weighted by atomic mass is 16.5. The van der Waals surface area contributed by atoms with Gasteiger partial charge in [0, 0.05) is 10.9 Å². The Bertz CT molecular complexity index is 861. The maximum Gasteiger partial charge on any atom is 0.328 e. The number of hydrogen-bond donors (Lipinski definition) is 1. The van der Waals surface area contributed by atoms with Crippen molar-refractivity contribution >= 4 is 22.9 Å². The lowest BCUT2D eigenvalue weighted by molar-refractivity contribution is -0.115. The molecule has 6 nitrogen and oxygen atoms in total. The number of rotatable bonds is 4. The van der Waals surface area contributed by atoms with E-state index in [9.17, 15) is 4.79 Å². The van der Waals surface area contributed by atoms with E-state index in [0.29, 0.717) is 11.7 Å². The van der Waals surface area contributed by atoms with Gasteiger partial charge < -0.3 is 8.94 Å². The molecule has 0 bridgehead atoms. The molecule has 3 rings (SSSR count). The van der Waals surface area contributed by atoms with Crippen molar-refractivity contribution in [3.05, 3.63) is 40.9 Å². The lowest BCUT2D eigenvalue weighted by Gasteiger charge is -2.09. The molecule has 0 atom stereocenters. The van der Waals surface area contributed by atoms with E-state index in [1.54, 1.807) is 13.2 Å². The van der Waals surface area contributed by atoms with Crippen LogP contribution < -0.4 is 5.32 Å². The molecule has 1 aromatic carbocycles. The number of fused-ring (bicyclic) bond motifs is 1. The van der Waals surface area contributed by atoms with Crippen molar-refractivity contribution in [1.82, 2.24) is 10.1 Å². The average Bonchev–Trinajstić information content (AvgIpc) is 3.04. The standard InChI is InChI=1S/C17H19N3O3/c1-9(2)13-7-14-12(8-22-15(14)5-10(13)3)6-16(21)19-17-18-11(4)20-23-17/h5,7-9H,6H2,1-4H3,(H,18,19,20,21). The summed E-state index contributed by atoms with van der Waals surface area (Å²) >= 11 is 0. The molecule has 1 amide bonds. The summed E-state index contributed by atoms with van der Waals surface area (Å²) in [5, 5.41) is 7.20. The molecule has 0 saturated heterocycles. The maximum atomic E-state index is 12.1. The number of hydrogen-bond acceptors (Lipinski definition) is 5. The minimum Gasteiger partial charge on any atom is -0.464 e. The Hall–Kier alpha value is -2.63. The van der Waals surface area contributed by atoms with Gasteiger partial charge in [0.25, 0.3) is 0 Å². The highest BCUT2D eigenvalue weighted by Crippen LogP contribution is 2.29. The van der Waals surface area contributed by atoms with Crippen LogP contribution in [0.4, 0.5) is 6.01 Å². The van der Waals surface area contributed by atoms with Crippen molar-refractivity contribution in [1.29, 1.82) is 0 Å². The summed E-state index contributed by atoms with van der Waals surface area (Å²) < 4.78 is 10.5. The predicted octanol–water partition coefficient (Wildman–Crippen LogP) is 3.74. The Balaban J connectivity index is 1.85. The number of nitrogens with one attached hydrogen (secondary N) is 1. The Morgan fingerprint density at radius 3 is 2.74 bits per heavy atom. The van der Waals surface area contributed by atoms with Crippen molar-refractivity contribution in [2.45, 2.75) is 40.0 Å². The number of furan rings is 1. The summed E-state index contributed by atoms with van der Waals surface area (Å²) in [6.45, 7) is 8.07. The van der Waals surface area contributed by atoms with Crippen molar-refractivity contribution in [3.8, 4) is 0 Å². The third-order valence-corrected chi connectivity index (χ3v) is 3.79. The number of aryl methyl sites for hydroxylation is 2. The highest BCUT2D eigenvalue weighted by Gasteiger charge is 2.15. The van der Waals surface area contributed by atoms with Gasteiger partial charge in [-0.3, -0.25) is 10.1 Å². The molecule has 120 valence electrons. The van der Waals surface area contributed by atoms with E-state index < -0.39 is 0 Å². The van der Waals surface area contributed by atoms with Crippen molar-refractivity contribution in [2.75, 3.05) is 5.32 Å². The molecule has 2 heterocycles. The molecule has 0 saturated carbocycles. The van der Waals surface area contributed by atoms with Crippen LogP contribution in [0.5, 0.6) is 0 Å². The topological polar surface area (TPSA) is 81.2 Å². The molecular weight excluding hydrogens is 294 g/mol. The minimum absolute atomic E-state index is 0.110. The highest BCUT2D eigenvalue weighted by molar-refractivity contribution is 5.94. The predicted molar refractivity (Wildman–Crippen MR) is 86.4 cm³/mol. The van der Waals surface area contributed by atoms with Crippen molar-refractivity contribution in [3.63, 3.8) is 0 Å². The normalized spacial score (nSPS) is 11.3. The molecule has 0 radical (unpaired) electrons. The summed E-state index contributed by atoms with van der Waals surface area (Å²) in [6, 6.07) is 4.24. The second kappa shape index (κ2) is 5.87. The molecule has 0 aliphatic heterocycles. The number of carbonyl (C=O) groups excluding carboxylic acids is 1. The molecule has 1 N–H and O–H groups in total. The minimum atomic E-state index is -0.219. The second-order valence-corrected chi connectivity index (χ2v) is 5.99. The fourth-order valence-corrected chi connectivity index (χ4v) is 2.69. The molecule has 6 heteroatoms. The molecule has 0 fully saturated rings. The zero-order chi connectivity index (χ0) is 16.6. The van der Waals surface area contributed by atoms with Gasteiger partial charge in [-0.2, -0.15) is 4.98 Å². The first kappa shape index (κ1) is 15.3. The van der Waals surface area contributed by atoms with E-state index in [1.807, 2.05) is 6.07 Å². The molecule has 0 spiro atoms. The third kappa shape index (κ3) is 3.11. The van der Waals surface area contributed by atoms with E-state index in [4.69, 9.17) is 8.94 Å². The van der Waals surface area contributed by atoms with Gasteiger partial charge in [-0.1, -0.05) is 19.0 Å². The average molecular weight is 313 g/mol. The van der Waals surface area contributed by atoms with Gasteiger partial charge in [0.15, 0.2) is 5.82 Å². The van der Waals surface area contributed by atoms with E-state index in [1.165, 1.54) is 11.1 Å². The SMILES string of the molecule is Cc1noc(NC(=O)Cc2coc3cc(C)c(C(C)C)cc23)n1. The molecule has 3 aromatic rings. The van der Waals surface area contributed by atoms with E-state index in [-0.39, 0.29) is 18.3 Å². The summed E-state index contributed by atoms with van der Waals surface area (Å²) in [6.07, 6.45) is 1.82. The molecule has 2 aromatic heterocycles. The number of carbonyl (C=O) groups is 1. The van der Waals surface area contributed by atoms with Gasteiger partial charge in [-0.15, -0.1) is 0 Å². The van der Waals surface area contributed by atoms with Crippen LogP contribution in [0.25, 0.3) is 11.0 Å². The van der Waals surface area contributed by atoms with Crippen molar-refractivity contribution in [2.24, 2.45) is 0 Å². The summed E-state index contributed by atoms with van der Waals surface area (Å²) in [5.41, 5.74) is 4.09. The van der Waals surface area contributed by atoms with Crippen LogP contribution in [-0.2, 0) is 11.2 Å². The first-order chi connectivity index (χ1) is 10.9. The lowest BCUT2D eigenvalue weighted by Crippen LogP contribution is -2.14. The fourth-order valence-electron chi connectivity index (χ4n) is 2.69. The quantitative estimate of drug-likeness (QED) is 0.793. The molecule has 0 aliphatic carbocycles. The Morgan fingerprint density at radius 2 is 2.09 bits per heavy atom. The maximum absolute atomic E-state index is 12.1. The molecule has 0 unspecified atom stereocenters. The Morgan fingerprint density at radius 1 is 1.30 bits per heavy atom. The largest absolute Gasteiger partial charge is 0.464 e. The zero-order valence-corrected chi connectivity index (χ0v) is 13.6. The van der Waals surface area contributed by atoms with E-state index in [0.717, 1.165) is 16.5 Å². The first-order valence-electron chi connectivity index (χ1n) is 7.55. The number of nitrogens with zero attached hydrogens (tertiary/aromatic N) is 2.